The molecule has 1 aliphatic carbocycles. The van der Waals surface area contributed by atoms with E-state index in [1.165, 1.54) is 0 Å². The Morgan fingerprint density at radius 3 is 2.79 bits per heavy atom. The first-order valence-corrected chi connectivity index (χ1v) is 9.96. The summed E-state index contributed by atoms with van der Waals surface area (Å²) < 4.78 is 0. The zero-order valence-electron chi connectivity index (χ0n) is 15.4. The van der Waals surface area contributed by atoms with E-state index < -0.39 is 6.10 Å². The van der Waals surface area contributed by atoms with E-state index in [4.69, 9.17) is 11.6 Å². The van der Waals surface area contributed by atoms with Gasteiger partial charge in [0.15, 0.2) is 0 Å². The molecule has 2 heterocycles. The molecule has 2 atom stereocenters. The van der Waals surface area contributed by atoms with Gasteiger partial charge in [-0.1, -0.05) is 48.7 Å². The summed E-state index contributed by atoms with van der Waals surface area (Å²) in [4.78, 5) is 21.5. The minimum atomic E-state index is -0.488. The van der Waals surface area contributed by atoms with Gasteiger partial charge in [0, 0.05) is 11.6 Å². The van der Waals surface area contributed by atoms with Crippen molar-refractivity contribution in [1.82, 2.24) is 15.3 Å². The number of aliphatic hydroxyl groups is 1. The number of carbonyl (C=O) groups is 1. The van der Waals surface area contributed by atoms with Crippen molar-refractivity contribution >= 4 is 28.4 Å². The second kappa shape index (κ2) is 8.25. The maximum absolute atomic E-state index is 12.8. The number of aliphatic hydroxyl groups excluding tert-OH is 1. The molecule has 0 unspecified atom stereocenters. The van der Waals surface area contributed by atoms with Crippen LogP contribution in [0.25, 0.3) is 10.9 Å². The average molecular weight is 396 g/mol. The van der Waals surface area contributed by atoms with Crippen LogP contribution >= 0.6 is 11.6 Å². The Kier molecular flexibility index (Phi) is 5.55. The van der Waals surface area contributed by atoms with Crippen LogP contribution < -0.4 is 5.32 Å². The Balaban J connectivity index is 1.65. The topological polar surface area (TPSA) is 75.1 Å². The number of aromatic nitrogens is 2. The van der Waals surface area contributed by atoms with Gasteiger partial charge in [-0.05, 0) is 48.6 Å². The molecule has 0 bridgehead atoms. The van der Waals surface area contributed by atoms with Crippen molar-refractivity contribution in [1.29, 1.82) is 0 Å². The minimum Gasteiger partial charge on any atom is -0.391 e. The van der Waals surface area contributed by atoms with Crippen LogP contribution in [0.4, 0.5) is 0 Å². The number of rotatable bonds is 4. The molecular formula is C22H22ClN3O2. The number of benzene rings is 1. The molecule has 1 saturated carbocycles. The van der Waals surface area contributed by atoms with Crippen LogP contribution in [0.1, 0.15) is 47.3 Å². The molecule has 28 heavy (non-hydrogen) atoms. The molecule has 3 aromatic rings. The molecular weight excluding hydrogens is 374 g/mol. The molecule has 0 radical (unpaired) electrons. The largest absolute Gasteiger partial charge is 0.391 e. The fourth-order valence-corrected chi connectivity index (χ4v) is 3.87. The van der Waals surface area contributed by atoms with Crippen LogP contribution in [0.15, 0.2) is 48.7 Å². The van der Waals surface area contributed by atoms with Crippen molar-refractivity contribution in [3.63, 3.8) is 0 Å². The molecule has 0 spiro atoms. The monoisotopic (exact) mass is 395 g/mol. The molecule has 0 aliphatic heterocycles. The van der Waals surface area contributed by atoms with E-state index in [9.17, 15) is 9.90 Å². The number of hydrogen-bond donors (Lipinski definition) is 2. The van der Waals surface area contributed by atoms with Gasteiger partial charge in [0.2, 0.25) is 0 Å². The minimum absolute atomic E-state index is 0.210. The molecule has 6 heteroatoms. The third-order valence-electron chi connectivity index (χ3n) is 5.26. The molecule has 1 aromatic carbocycles. The average Bonchev–Trinajstić information content (AvgIpc) is 2.71. The van der Waals surface area contributed by atoms with Gasteiger partial charge in [-0.3, -0.25) is 4.79 Å². The van der Waals surface area contributed by atoms with E-state index in [-0.39, 0.29) is 11.9 Å². The van der Waals surface area contributed by atoms with E-state index in [1.54, 1.807) is 12.3 Å². The van der Waals surface area contributed by atoms with Crippen molar-refractivity contribution in [2.45, 2.75) is 44.2 Å². The molecule has 5 nitrogen and oxygen atoms in total. The molecule has 0 saturated heterocycles. The fourth-order valence-electron chi connectivity index (χ4n) is 3.76. The number of para-hydroxylation sites is 1. The number of fused-ring (bicyclic) bond motifs is 1. The summed E-state index contributed by atoms with van der Waals surface area (Å²) in [7, 11) is 0. The zero-order valence-corrected chi connectivity index (χ0v) is 16.2. The predicted octanol–water partition coefficient (Wildman–Crippen LogP) is 3.91. The maximum Gasteiger partial charge on any atom is 0.270 e. The number of carbonyl (C=O) groups excluding carboxylic acids is 1. The van der Waals surface area contributed by atoms with Gasteiger partial charge in [-0.2, -0.15) is 0 Å². The normalized spacial score (nSPS) is 19.5. The molecule has 2 N–H and O–H groups in total. The lowest BCUT2D eigenvalue weighted by atomic mass is 9.92. The number of pyridine rings is 2. The highest BCUT2D eigenvalue weighted by Gasteiger charge is 2.25. The highest BCUT2D eigenvalue weighted by atomic mass is 35.5. The first-order valence-electron chi connectivity index (χ1n) is 9.58. The van der Waals surface area contributed by atoms with Crippen LogP contribution in [0.2, 0.25) is 5.15 Å². The summed E-state index contributed by atoms with van der Waals surface area (Å²) in [6, 6.07) is 13.1. The molecule has 2 aromatic heterocycles. The summed E-state index contributed by atoms with van der Waals surface area (Å²) >= 11 is 5.89. The standard InChI is InChI=1S/C22H22ClN3O2/c23-21-10-9-14(13-24-21)11-15-12-19(25-17-6-2-1-5-16(15)17)22(28)26-18-7-3-4-8-20(18)27/h1-2,5-6,9-10,12-13,18,20,27H,3-4,7-8,11H2,(H,26,28)/t18-,20-/m0/s1. The smallest absolute Gasteiger partial charge is 0.270 e. The number of hydrogen-bond acceptors (Lipinski definition) is 4. The predicted molar refractivity (Wildman–Crippen MR) is 110 cm³/mol. The zero-order chi connectivity index (χ0) is 19.5. The van der Waals surface area contributed by atoms with Gasteiger partial charge in [0.25, 0.3) is 5.91 Å². The van der Waals surface area contributed by atoms with Crippen molar-refractivity contribution in [2.24, 2.45) is 0 Å². The summed E-state index contributed by atoms with van der Waals surface area (Å²) in [6.07, 6.45) is 5.42. The first kappa shape index (κ1) is 18.8. The Hall–Kier alpha value is -2.50. The lowest BCUT2D eigenvalue weighted by Crippen LogP contribution is -2.45. The van der Waals surface area contributed by atoms with Crippen LogP contribution in [0, 0.1) is 0 Å². The lowest BCUT2D eigenvalue weighted by Gasteiger charge is -2.28. The SMILES string of the molecule is O=C(N[C@H]1CCCC[C@@H]1O)c1cc(Cc2ccc(Cl)nc2)c2ccccc2n1. The van der Waals surface area contributed by atoms with Gasteiger partial charge in [0.1, 0.15) is 10.8 Å². The molecule has 1 aliphatic rings. The Morgan fingerprint density at radius 2 is 2.00 bits per heavy atom. The third kappa shape index (κ3) is 4.16. The van der Waals surface area contributed by atoms with E-state index >= 15 is 0 Å². The second-order valence-corrected chi connectivity index (χ2v) is 7.67. The summed E-state index contributed by atoms with van der Waals surface area (Å²) in [6.45, 7) is 0. The van der Waals surface area contributed by atoms with Gasteiger partial charge in [-0.15, -0.1) is 0 Å². The quantitative estimate of drug-likeness (QED) is 0.657. The third-order valence-corrected chi connectivity index (χ3v) is 5.49. The maximum atomic E-state index is 12.8. The number of nitrogens with one attached hydrogen (secondary N) is 1. The van der Waals surface area contributed by atoms with Crippen LogP contribution in [-0.2, 0) is 6.42 Å². The molecule has 4 rings (SSSR count). The van der Waals surface area contributed by atoms with Crippen molar-refractivity contribution in [3.05, 3.63) is 70.6 Å². The van der Waals surface area contributed by atoms with Gasteiger partial charge < -0.3 is 10.4 Å². The second-order valence-electron chi connectivity index (χ2n) is 7.28. The fraction of sp³-hybridized carbons (Fsp3) is 0.318. The summed E-state index contributed by atoms with van der Waals surface area (Å²) in [5.41, 5.74) is 3.16. The number of halogens is 1. The van der Waals surface area contributed by atoms with Gasteiger partial charge >= 0.3 is 0 Å². The molecule has 1 fully saturated rings. The number of amides is 1. The Bertz CT molecular complexity index is 991. The van der Waals surface area contributed by atoms with E-state index in [2.05, 4.69) is 15.3 Å². The molecule has 1 amide bonds. The van der Waals surface area contributed by atoms with E-state index in [0.717, 1.165) is 47.7 Å². The number of nitrogens with zero attached hydrogens (tertiary/aromatic N) is 2. The van der Waals surface area contributed by atoms with Crippen molar-refractivity contribution in [3.8, 4) is 0 Å². The van der Waals surface area contributed by atoms with E-state index in [0.29, 0.717) is 17.3 Å². The van der Waals surface area contributed by atoms with Crippen molar-refractivity contribution < 1.29 is 9.90 Å². The van der Waals surface area contributed by atoms with Gasteiger partial charge in [-0.25, -0.2) is 9.97 Å². The van der Waals surface area contributed by atoms with Crippen molar-refractivity contribution in [2.75, 3.05) is 0 Å². The molecule has 144 valence electrons. The lowest BCUT2D eigenvalue weighted by molar-refractivity contribution is 0.0714. The van der Waals surface area contributed by atoms with E-state index in [1.807, 2.05) is 36.4 Å². The van der Waals surface area contributed by atoms with Crippen LogP contribution in [0.5, 0.6) is 0 Å². The highest BCUT2D eigenvalue weighted by molar-refractivity contribution is 6.29. The highest BCUT2D eigenvalue weighted by Crippen LogP contribution is 2.23. The van der Waals surface area contributed by atoms with Crippen LogP contribution in [0.3, 0.4) is 0 Å². The first-order chi connectivity index (χ1) is 13.6. The summed E-state index contributed by atoms with van der Waals surface area (Å²) in [5, 5.41) is 14.6. The Labute approximate surface area is 168 Å². The van der Waals surface area contributed by atoms with Crippen LogP contribution in [-0.4, -0.2) is 33.1 Å². The summed E-state index contributed by atoms with van der Waals surface area (Å²) in [5.74, 6) is -0.243. The Morgan fingerprint density at radius 1 is 1.18 bits per heavy atom. The van der Waals surface area contributed by atoms with Gasteiger partial charge in [0.05, 0.1) is 17.7 Å².